The van der Waals surface area contributed by atoms with Crippen molar-refractivity contribution in [2.45, 2.75) is 86.9 Å². The average Bonchev–Trinajstić information content (AvgIpc) is 4.10. The molecule has 4 aliphatic carbocycles. The van der Waals surface area contributed by atoms with Gasteiger partial charge < -0.3 is 30.0 Å². The molecule has 2 saturated carbocycles. The Labute approximate surface area is 347 Å². The second kappa shape index (κ2) is 16.3. The molecule has 2 heterocycles. The number of fused-ring (bicyclic) bond motifs is 2. The number of benzene rings is 2. The molecule has 0 saturated heterocycles. The summed E-state index contributed by atoms with van der Waals surface area (Å²) in [6, 6.07) is 3.44. The number of hydrogen-bond acceptors (Lipinski definition) is 8. The van der Waals surface area contributed by atoms with Crippen LogP contribution in [0.4, 0.5) is 0 Å². The molecule has 56 heavy (non-hydrogen) atoms. The second-order valence-electron chi connectivity index (χ2n) is 15.3. The van der Waals surface area contributed by atoms with Crippen LogP contribution in [0.15, 0.2) is 24.8 Å². The molecule has 2 fully saturated rings. The van der Waals surface area contributed by atoms with Gasteiger partial charge in [0.1, 0.15) is 23.0 Å². The van der Waals surface area contributed by atoms with E-state index >= 15 is 0 Å². The maximum Gasteiger partial charge on any atom is 0.243 e. The predicted octanol–water partition coefficient (Wildman–Crippen LogP) is 8.34. The van der Waals surface area contributed by atoms with Crippen LogP contribution < -0.4 is 30.0 Å². The molecule has 300 valence electrons. The first kappa shape index (κ1) is 40.6. The quantitative estimate of drug-likeness (QED) is 0.104. The summed E-state index contributed by atoms with van der Waals surface area (Å²) in [6.45, 7) is 4.77. The number of amides is 1. The molecule has 2 aromatic heterocycles. The number of methoxy groups -OCH3 is 4. The fourth-order valence-electron chi connectivity index (χ4n) is 8.57. The number of carbonyl (C=O) groups is 1. The molecule has 2 atom stereocenters. The van der Waals surface area contributed by atoms with Gasteiger partial charge >= 0.3 is 0 Å². The van der Waals surface area contributed by atoms with Crippen molar-refractivity contribution in [1.29, 1.82) is 0 Å². The number of rotatable bonds is 12. The summed E-state index contributed by atoms with van der Waals surface area (Å²) in [5, 5.41) is 20.9. The summed E-state index contributed by atoms with van der Waals surface area (Å²) in [4.78, 5) is 11.6. The van der Waals surface area contributed by atoms with E-state index in [0.717, 1.165) is 86.7 Å². The van der Waals surface area contributed by atoms with Crippen molar-refractivity contribution in [3.63, 3.8) is 0 Å². The van der Waals surface area contributed by atoms with E-state index in [2.05, 4.69) is 32.3 Å². The number of hydrogen-bond donors (Lipinski definition) is 4. The average molecular weight is 847 g/mol. The number of nitrogens with one attached hydrogen (secondary N) is 3. The minimum atomic E-state index is -0.151. The lowest BCUT2D eigenvalue weighted by Gasteiger charge is -2.26. The minimum Gasteiger partial charge on any atom is -0.495 e. The van der Waals surface area contributed by atoms with E-state index in [9.17, 15) is 4.79 Å². The third-order valence-corrected chi connectivity index (χ3v) is 13.8. The highest BCUT2D eigenvalue weighted by Gasteiger charge is 2.49. The summed E-state index contributed by atoms with van der Waals surface area (Å²) in [6.07, 6.45) is 10.9. The number of carbonyl (C=O) groups excluding carboxylic acids is 1. The van der Waals surface area contributed by atoms with E-state index in [0.29, 0.717) is 56.2 Å². The van der Waals surface area contributed by atoms with E-state index in [1.807, 2.05) is 0 Å². The van der Waals surface area contributed by atoms with Gasteiger partial charge in [-0.25, -0.2) is 0 Å². The molecule has 0 bridgehead atoms. The Kier molecular flexibility index (Phi) is 11.8. The fourth-order valence-corrected chi connectivity index (χ4v) is 10.2. The standard InChI is InChI=1S/C22H25Cl2N3O3.C19H23Cl2N3O2/c1-4-17(28)25-11-22(7-8-22)21-13-6-5-12(9-14(13)26-27-21)18-19(23)15(29-2)10-16(30-3)20(18)24;1-25-13-8-14(26-2)17(21)15(16(13)20)10-3-4-11-12(7-10)23-24-18(11)19(9-22)5-6-19/h4,10,12H,1,5-9,11H2,2-3H3,(H,25,28)(H,26,27);8,10H,3-7,9,22H2,1-2H3,(H,23,24). The first-order valence-corrected chi connectivity index (χ1v) is 20.4. The van der Waals surface area contributed by atoms with Crippen molar-refractivity contribution in [3.8, 4) is 23.0 Å². The normalized spacial score (nSPS) is 19.7. The van der Waals surface area contributed by atoms with E-state index in [4.69, 9.17) is 71.1 Å². The highest BCUT2D eigenvalue weighted by Crippen LogP contribution is 2.53. The number of ether oxygens (including phenoxy) is 4. The van der Waals surface area contributed by atoms with Crippen molar-refractivity contribution in [1.82, 2.24) is 25.7 Å². The minimum absolute atomic E-state index is 0.0654. The Balaban J connectivity index is 0.000000173. The van der Waals surface area contributed by atoms with Crippen LogP contribution in [0.25, 0.3) is 0 Å². The predicted molar refractivity (Wildman–Crippen MR) is 220 cm³/mol. The van der Waals surface area contributed by atoms with Crippen LogP contribution >= 0.6 is 46.4 Å². The van der Waals surface area contributed by atoms with Gasteiger partial charge in [0.2, 0.25) is 5.91 Å². The zero-order valence-corrected chi connectivity index (χ0v) is 35.1. The maximum atomic E-state index is 11.6. The van der Waals surface area contributed by atoms with Gasteiger partial charge in [0, 0.05) is 58.6 Å². The Hall–Kier alpha value is -3.61. The summed E-state index contributed by atoms with van der Waals surface area (Å²) in [5.74, 6) is 2.44. The monoisotopic (exact) mass is 844 g/mol. The molecule has 0 spiro atoms. The molecule has 5 N–H and O–H groups in total. The summed E-state index contributed by atoms with van der Waals surface area (Å²) < 4.78 is 21.7. The molecule has 4 aromatic rings. The van der Waals surface area contributed by atoms with Gasteiger partial charge in [-0.2, -0.15) is 10.2 Å². The third-order valence-electron chi connectivity index (χ3n) is 12.2. The largest absolute Gasteiger partial charge is 0.495 e. The zero-order valence-electron chi connectivity index (χ0n) is 32.1. The lowest BCUT2D eigenvalue weighted by molar-refractivity contribution is -0.116. The second-order valence-corrected chi connectivity index (χ2v) is 16.8. The SMILES string of the molecule is C=CC(=O)NCC1(c2n[nH]c3c2CCC(c2c(Cl)c(OC)cc(OC)c2Cl)C3)CC1.COc1cc(OC)c(Cl)c(C2CCc3c(C4(CN)CC4)n[nH]c3C2)c1Cl. The highest BCUT2D eigenvalue weighted by atomic mass is 35.5. The van der Waals surface area contributed by atoms with Crippen LogP contribution in [0.3, 0.4) is 0 Å². The van der Waals surface area contributed by atoms with Gasteiger partial charge in [0.05, 0.1) is 59.9 Å². The molecule has 8 rings (SSSR count). The third kappa shape index (κ3) is 7.34. The highest BCUT2D eigenvalue weighted by molar-refractivity contribution is 6.38. The van der Waals surface area contributed by atoms with Crippen LogP contribution in [0.2, 0.25) is 20.1 Å². The smallest absolute Gasteiger partial charge is 0.243 e. The molecule has 11 nitrogen and oxygen atoms in total. The first-order valence-electron chi connectivity index (χ1n) is 18.9. The molecule has 2 unspecified atom stereocenters. The molecule has 2 aromatic carbocycles. The molecular weight excluding hydrogens is 798 g/mol. The Morgan fingerprint density at radius 1 is 0.768 bits per heavy atom. The summed E-state index contributed by atoms with van der Waals surface area (Å²) >= 11 is 26.5. The number of aromatic amines is 2. The van der Waals surface area contributed by atoms with E-state index in [1.54, 1.807) is 40.6 Å². The van der Waals surface area contributed by atoms with Gasteiger partial charge in [-0.3, -0.25) is 15.0 Å². The van der Waals surface area contributed by atoms with E-state index < -0.39 is 0 Å². The molecule has 4 aliphatic rings. The van der Waals surface area contributed by atoms with Crippen LogP contribution in [-0.2, 0) is 41.3 Å². The number of aromatic nitrogens is 4. The Morgan fingerprint density at radius 3 is 1.50 bits per heavy atom. The lowest BCUT2D eigenvalue weighted by atomic mass is 9.80. The van der Waals surface area contributed by atoms with Crippen molar-refractivity contribution >= 4 is 52.3 Å². The van der Waals surface area contributed by atoms with Gasteiger partial charge in [-0.05, 0) is 93.2 Å². The molecule has 1 amide bonds. The number of H-pyrrole nitrogens is 2. The molecule has 15 heteroatoms. The van der Waals surface area contributed by atoms with Crippen molar-refractivity contribution in [2.75, 3.05) is 41.5 Å². The van der Waals surface area contributed by atoms with Gasteiger partial charge in [0.25, 0.3) is 0 Å². The summed E-state index contributed by atoms with van der Waals surface area (Å²) in [5.41, 5.74) is 14.9. The first-order chi connectivity index (χ1) is 27.0. The van der Waals surface area contributed by atoms with Crippen LogP contribution in [0, 0.1) is 0 Å². The summed E-state index contributed by atoms with van der Waals surface area (Å²) in [7, 11) is 6.36. The molecule has 0 aliphatic heterocycles. The van der Waals surface area contributed by atoms with Gasteiger partial charge in [-0.15, -0.1) is 0 Å². The van der Waals surface area contributed by atoms with Crippen molar-refractivity contribution < 1.29 is 23.7 Å². The fraction of sp³-hybridized carbons (Fsp3) is 0.488. The molecule has 0 radical (unpaired) electrons. The Bertz CT molecular complexity index is 2090. The maximum absolute atomic E-state index is 11.6. The zero-order chi connectivity index (χ0) is 39.9. The number of halogens is 4. The lowest BCUT2D eigenvalue weighted by Crippen LogP contribution is -2.32. The topological polar surface area (TPSA) is 149 Å². The van der Waals surface area contributed by atoms with Gasteiger partial charge in [0.15, 0.2) is 0 Å². The number of nitrogens with two attached hydrogens (primary N) is 1. The van der Waals surface area contributed by atoms with Crippen LogP contribution in [-0.4, -0.2) is 67.8 Å². The van der Waals surface area contributed by atoms with E-state index in [1.165, 1.54) is 28.6 Å². The van der Waals surface area contributed by atoms with Crippen molar-refractivity contribution in [3.05, 3.63) is 89.9 Å². The van der Waals surface area contributed by atoms with Crippen LogP contribution in [0.1, 0.15) is 95.4 Å². The molecular formula is C41H48Cl4N6O5. The number of nitrogens with zero attached hydrogens (tertiary/aromatic N) is 2. The Morgan fingerprint density at radius 2 is 1.16 bits per heavy atom. The van der Waals surface area contributed by atoms with Crippen LogP contribution in [0.5, 0.6) is 23.0 Å². The van der Waals surface area contributed by atoms with Gasteiger partial charge in [-0.1, -0.05) is 53.0 Å². The van der Waals surface area contributed by atoms with Crippen molar-refractivity contribution in [2.24, 2.45) is 5.73 Å². The van der Waals surface area contributed by atoms with E-state index in [-0.39, 0.29) is 28.6 Å².